The number of fused-ring (bicyclic) bond motifs is 1. The first-order valence-corrected chi connectivity index (χ1v) is 13.0. The lowest BCUT2D eigenvalue weighted by molar-refractivity contribution is -0.140. The number of amides is 2. The smallest absolute Gasteiger partial charge is 0.305 e. The average molecular weight is 497 g/mol. The molecule has 1 N–H and O–H groups in total. The first-order valence-electron chi connectivity index (χ1n) is 12.2. The van der Waals surface area contributed by atoms with Crippen LogP contribution >= 0.6 is 11.3 Å². The number of unbranched alkanes of at least 4 members (excludes halogenated alkanes) is 1. The molecule has 8 nitrogen and oxygen atoms in total. The molecule has 1 aliphatic rings. The highest BCUT2D eigenvalue weighted by molar-refractivity contribution is 7.12. The van der Waals surface area contributed by atoms with Crippen LogP contribution in [0.2, 0.25) is 0 Å². The van der Waals surface area contributed by atoms with Gasteiger partial charge in [-0.1, -0.05) is 25.3 Å². The standard InChI is InChI=1S/C26H32N4O4S/c1-29(19-9-4-3-5-10-19)25(33)18-13-14-21-20(17-18)27-26(28-24(32)22-11-8-16-35-22)30(21)15-7-6-12-23(31)34-2/h8,11,13-14,16-17,19H,3-7,9-10,12,15H2,1-2H3,(H,27,28,32). The van der Waals surface area contributed by atoms with E-state index in [0.29, 0.717) is 47.7 Å². The van der Waals surface area contributed by atoms with Crippen molar-refractivity contribution in [2.24, 2.45) is 0 Å². The van der Waals surface area contributed by atoms with Gasteiger partial charge in [-0.2, -0.15) is 0 Å². The summed E-state index contributed by atoms with van der Waals surface area (Å²) in [7, 11) is 3.27. The van der Waals surface area contributed by atoms with Gasteiger partial charge in [0.2, 0.25) is 5.95 Å². The Bertz CT molecular complexity index is 1180. The number of nitrogens with zero attached hydrogens (tertiary/aromatic N) is 3. The van der Waals surface area contributed by atoms with Gasteiger partial charge in [0.15, 0.2) is 0 Å². The van der Waals surface area contributed by atoms with Crippen LogP contribution in [0.25, 0.3) is 11.0 Å². The minimum atomic E-state index is -0.239. The van der Waals surface area contributed by atoms with Gasteiger partial charge in [-0.15, -0.1) is 11.3 Å². The van der Waals surface area contributed by atoms with Crippen LogP contribution in [0.5, 0.6) is 0 Å². The van der Waals surface area contributed by atoms with Crippen LogP contribution in [0.3, 0.4) is 0 Å². The van der Waals surface area contributed by atoms with E-state index in [0.717, 1.165) is 31.2 Å². The van der Waals surface area contributed by atoms with Gasteiger partial charge in [-0.05, 0) is 55.3 Å². The van der Waals surface area contributed by atoms with Gasteiger partial charge < -0.3 is 14.2 Å². The van der Waals surface area contributed by atoms with Crippen LogP contribution in [0.4, 0.5) is 5.95 Å². The molecular weight excluding hydrogens is 464 g/mol. The summed E-state index contributed by atoms with van der Waals surface area (Å²) >= 11 is 1.36. The number of aryl methyl sites for hydroxylation is 1. The number of imidazole rings is 1. The maximum Gasteiger partial charge on any atom is 0.305 e. The third-order valence-electron chi connectivity index (χ3n) is 6.65. The monoisotopic (exact) mass is 496 g/mol. The number of thiophene rings is 1. The Morgan fingerprint density at radius 3 is 2.69 bits per heavy atom. The lowest BCUT2D eigenvalue weighted by atomic mass is 9.94. The second kappa shape index (κ2) is 11.5. The zero-order chi connectivity index (χ0) is 24.8. The fraction of sp³-hybridized carbons (Fsp3) is 0.462. The molecule has 1 fully saturated rings. The number of anilines is 1. The summed E-state index contributed by atoms with van der Waals surface area (Å²) in [6, 6.07) is 9.41. The molecule has 0 saturated heterocycles. The molecule has 0 unspecified atom stereocenters. The zero-order valence-corrected chi connectivity index (χ0v) is 21.1. The Morgan fingerprint density at radius 1 is 1.17 bits per heavy atom. The summed E-state index contributed by atoms with van der Waals surface area (Å²) in [5.41, 5.74) is 2.08. The molecule has 186 valence electrons. The molecule has 0 atom stereocenters. The summed E-state index contributed by atoms with van der Waals surface area (Å²) in [5.74, 6) is -0.0336. The van der Waals surface area contributed by atoms with E-state index in [1.54, 1.807) is 6.07 Å². The molecule has 35 heavy (non-hydrogen) atoms. The SMILES string of the molecule is COC(=O)CCCCn1c(NC(=O)c2cccs2)nc2cc(C(=O)N(C)C3CCCCC3)ccc21. The summed E-state index contributed by atoms with van der Waals surface area (Å²) in [5, 5.41) is 4.78. The van der Waals surface area contributed by atoms with Crippen LogP contribution in [0.15, 0.2) is 35.7 Å². The van der Waals surface area contributed by atoms with E-state index in [2.05, 4.69) is 10.3 Å². The van der Waals surface area contributed by atoms with Crippen LogP contribution in [0, 0.1) is 0 Å². The molecule has 0 bridgehead atoms. The first kappa shape index (κ1) is 24.9. The van der Waals surface area contributed by atoms with Gasteiger partial charge in [0, 0.05) is 31.6 Å². The Balaban J connectivity index is 1.57. The molecule has 2 aromatic heterocycles. The summed E-state index contributed by atoms with van der Waals surface area (Å²) in [4.78, 5) is 44.5. The van der Waals surface area contributed by atoms with E-state index >= 15 is 0 Å². The number of benzene rings is 1. The lowest BCUT2D eigenvalue weighted by Gasteiger charge is -2.31. The normalized spacial score (nSPS) is 14.1. The second-order valence-electron chi connectivity index (χ2n) is 8.96. The third-order valence-corrected chi connectivity index (χ3v) is 7.52. The Labute approximate surface area is 209 Å². The van der Waals surface area contributed by atoms with Crippen molar-refractivity contribution < 1.29 is 19.1 Å². The van der Waals surface area contributed by atoms with Crippen LogP contribution in [0.1, 0.15) is 71.4 Å². The topological polar surface area (TPSA) is 93.5 Å². The Kier molecular flexibility index (Phi) is 8.17. The van der Waals surface area contributed by atoms with Crippen molar-refractivity contribution >= 4 is 46.1 Å². The van der Waals surface area contributed by atoms with Gasteiger partial charge in [0.05, 0.1) is 23.0 Å². The molecular formula is C26H32N4O4S. The number of hydrogen-bond acceptors (Lipinski definition) is 6. The van der Waals surface area contributed by atoms with Crippen LogP contribution < -0.4 is 5.32 Å². The molecule has 1 aliphatic carbocycles. The van der Waals surface area contributed by atoms with Crippen molar-refractivity contribution in [2.75, 3.05) is 19.5 Å². The largest absolute Gasteiger partial charge is 0.469 e. The number of hydrogen-bond donors (Lipinski definition) is 1. The van der Waals surface area contributed by atoms with Gasteiger partial charge in [0.25, 0.3) is 11.8 Å². The highest BCUT2D eigenvalue weighted by atomic mass is 32.1. The predicted molar refractivity (Wildman–Crippen MR) is 137 cm³/mol. The molecule has 3 aromatic rings. The molecule has 1 saturated carbocycles. The first-order chi connectivity index (χ1) is 17.0. The fourth-order valence-electron chi connectivity index (χ4n) is 4.63. The number of carbonyl (C=O) groups is 3. The van der Waals surface area contributed by atoms with E-state index in [-0.39, 0.29) is 23.8 Å². The minimum absolute atomic E-state index is 0.00407. The van der Waals surface area contributed by atoms with Crippen molar-refractivity contribution in [3.63, 3.8) is 0 Å². The average Bonchev–Trinajstić information content (AvgIpc) is 3.54. The lowest BCUT2D eigenvalue weighted by Crippen LogP contribution is -2.38. The minimum Gasteiger partial charge on any atom is -0.469 e. The van der Waals surface area contributed by atoms with E-state index < -0.39 is 0 Å². The van der Waals surface area contributed by atoms with Crippen molar-refractivity contribution in [3.8, 4) is 0 Å². The van der Waals surface area contributed by atoms with Gasteiger partial charge in [0.1, 0.15) is 0 Å². The molecule has 4 rings (SSSR count). The summed E-state index contributed by atoms with van der Waals surface area (Å²) < 4.78 is 6.67. The maximum atomic E-state index is 13.2. The number of rotatable bonds is 9. The van der Waals surface area contributed by atoms with Gasteiger partial charge in [-0.25, -0.2) is 4.98 Å². The number of ether oxygens (including phenoxy) is 1. The van der Waals surface area contributed by atoms with Crippen molar-refractivity contribution in [3.05, 3.63) is 46.2 Å². The van der Waals surface area contributed by atoms with E-state index in [9.17, 15) is 14.4 Å². The van der Waals surface area contributed by atoms with Gasteiger partial charge in [-0.3, -0.25) is 19.7 Å². The molecule has 2 heterocycles. The van der Waals surface area contributed by atoms with Crippen molar-refractivity contribution in [1.29, 1.82) is 0 Å². The van der Waals surface area contributed by atoms with Crippen molar-refractivity contribution in [2.45, 2.75) is 64.0 Å². The number of carbonyl (C=O) groups excluding carboxylic acids is 3. The molecule has 2 amide bonds. The summed E-state index contributed by atoms with van der Waals surface area (Å²) in [6.45, 7) is 0.572. The number of aromatic nitrogens is 2. The quantitative estimate of drug-likeness (QED) is 0.329. The Morgan fingerprint density at radius 2 is 1.97 bits per heavy atom. The molecule has 0 spiro atoms. The van der Waals surface area contributed by atoms with Gasteiger partial charge >= 0.3 is 5.97 Å². The number of esters is 1. The maximum absolute atomic E-state index is 13.2. The molecule has 0 aliphatic heterocycles. The van der Waals surface area contributed by atoms with E-state index in [4.69, 9.17) is 4.74 Å². The number of nitrogens with one attached hydrogen (secondary N) is 1. The van der Waals surface area contributed by atoms with Crippen LogP contribution in [-0.4, -0.2) is 52.4 Å². The van der Waals surface area contributed by atoms with Crippen molar-refractivity contribution in [1.82, 2.24) is 14.5 Å². The predicted octanol–water partition coefficient (Wildman–Crippen LogP) is 5.10. The number of methoxy groups -OCH3 is 1. The fourth-order valence-corrected chi connectivity index (χ4v) is 5.25. The highest BCUT2D eigenvalue weighted by Gasteiger charge is 2.24. The van der Waals surface area contributed by atoms with Crippen LogP contribution in [-0.2, 0) is 16.1 Å². The molecule has 1 aromatic carbocycles. The second-order valence-corrected chi connectivity index (χ2v) is 9.91. The molecule has 0 radical (unpaired) electrons. The molecule has 9 heteroatoms. The highest BCUT2D eigenvalue weighted by Crippen LogP contribution is 2.26. The summed E-state index contributed by atoms with van der Waals surface area (Å²) in [6.07, 6.45) is 7.37. The zero-order valence-electron chi connectivity index (χ0n) is 20.3. The third kappa shape index (κ3) is 5.90. The van der Waals surface area contributed by atoms with E-state index in [1.165, 1.54) is 24.9 Å². The van der Waals surface area contributed by atoms with E-state index in [1.807, 2.05) is 46.2 Å². The Hall–Kier alpha value is -3.20.